The Morgan fingerprint density at radius 2 is 1.19 bits per heavy atom. The molecule has 0 spiro atoms. The van der Waals surface area contributed by atoms with Gasteiger partial charge < -0.3 is 4.74 Å². The third-order valence-electron chi connectivity index (χ3n) is 8.77. The highest BCUT2D eigenvalue weighted by Crippen LogP contribution is 2.35. The fourth-order valence-electron chi connectivity index (χ4n) is 6.28. The Bertz CT molecular complexity index is 575. The highest BCUT2D eigenvalue weighted by molar-refractivity contribution is 5.27. The van der Waals surface area contributed by atoms with Gasteiger partial charge in [-0.05, 0) is 67.1 Å². The third kappa shape index (κ3) is 9.48. The monoisotopic (exact) mass is 440 g/mol. The fourth-order valence-corrected chi connectivity index (χ4v) is 6.28. The highest BCUT2D eigenvalue weighted by atomic mass is 16.5. The van der Waals surface area contributed by atoms with E-state index in [1.165, 1.54) is 121 Å². The van der Waals surface area contributed by atoms with Crippen molar-refractivity contribution in [3.8, 4) is 5.75 Å². The van der Waals surface area contributed by atoms with Crippen molar-refractivity contribution in [2.75, 3.05) is 6.61 Å². The maximum Gasteiger partial charge on any atom is 0.119 e. The van der Waals surface area contributed by atoms with Gasteiger partial charge in [-0.3, -0.25) is 0 Å². The molecule has 0 N–H and O–H groups in total. The molecule has 1 nitrogen and oxygen atoms in total. The van der Waals surface area contributed by atoms with Crippen molar-refractivity contribution in [1.29, 1.82) is 0 Å². The first-order chi connectivity index (χ1) is 15.8. The summed E-state index contributed by atoms with van der Waals surface area (Å²) in [6.45, 7) is 5.55. The van der Waals surface area contributed by atoms with E-state index in [0.29, 0.717) is 0 Å². The molecular formula is C31H52O. The predicted octanol–water partition coefficient (Wildman–Crippen LogP) is 9.77. The van der Waals surface area contributed by atoms with Crippen LogP contribution in [0.25, 0.3) is 0 Å². The third-order valence-corrected chi connectivity index (χ3v) is 8.77. The zero-order valence-corrected chi connectivity index (χ0v) is 21.5. The van der Waals surface area contributed by atoms with E-state index in [1.54, 1.807) is 0 Å². The smallest absolute Gasteiger partial charge is 0.119 e. The van der Waals surface area contributed by atoms with Crippen LogP contribution in [-0.2, 0) is 6.42 Å². The summed E-state index contributed by atoms with van der Waals surface area (Å²) in [5.74, 6) is 5.03. The lowest BCUT2D eigenvalue weighted by Gasteiger charge is -2.28. The Kier molecular flexibility index (Phi) is 12.0. The number of rotatable bonds is 14. The lowest BCUT2D eigenvalue weighted by Crippen LogP contribution is -2.15. The van der Waals surface area contributed by atoms with Gasteiger partial charge in [-0.25, -0.2) is 0 Å². The fraction of sp³-hybridized carbons (Fsp3) is 0.806. The van der Waals surface area contributed by atoms with Crippen LogP contribution in [0, 0.1) is 23.7 Å². The molecule has 1 heteroatoms. The van der Waals surface area contributed by atoms with Gasteiger partial charge >= 0.3 is 0 Å². The standard InChI is InChI=1S/C31H52O/c1-3-5-6-7-9-27-15-17-28(18-16-27)10-8-25-32-31-23-21-30(22-24-31)20-19-29-13-11-26(4-2)12-14-29/h21-24,26-29H,3-20,25H2,1-2H3/t26-,27-,28-,29-. The molecule has 1 aromatic rings. The minimum atomic E-state index is 0.886. The summed E-state index contributed by atoms with van der Waals surface area (Å²) in [5.41, 5.74) is 1.49. The Balaban J connectivity index is 1.22. The number of hydrogen-bond donors (Lipinski definition) is 0. The predicted molar refractivity (Wildman–Crippen MR) is 139 cm³/mol. The SMILES string of the molecule is CCCCCC[C@H]1CC[C@H](CCCOc2ccc(CC[C@H]3CC[C@H](CC)CC3)cc2)CC1. The summed E-state index contributed by atoms with van der Waals surface area (Å²) < 4.78 is 6.07. The molecule has 0 aromatic heterocycles. The quantitative estimate of drug-likeness (QED) is 0.261. The second-order valence-electron chi connectivity index (χ2n) is 11.2. The maximum atomic E-state index is 6.07. The minimum Gasteiger partial charge on any atom is -0.494 e. The Morgan fingerprint density at radius 3 is 1.78 bits per heavy atom. The second-order valence-corrected chi connectivity index (χ2v) is 11.2. The van der Waals surface area contributed by atoms with E-state index in [0.717, 1.165) is 36.0 Å². The van der Waals surface area contributed by atoms with Gasteiger partial charge in [0, 0.05) is 0 Å². The molecule has 0 saturated heterocycles. The zero-order chi connectivity index (χ0) is 22.4. The lowest BCUT2D eigenvalue weighted by molar-refractivity contribution is 0.228. The minimum absolute atomic E-state index is 0.886. The molecule has 3 rings (SSSR count). The van der Waals surface area contributed by atoms with Crippen LogP contribution in [-0.4, -0.2) is 6.61 Å². The molecule has 0 unspecified atom stereocenters. The number of unbranched alkanes of at least 4 members (excludes halogenated alkanes) is 3. The molecule has 0 bridgehead atoms. The molecular weight excluding hydrogens is 388 g/mol. The molecule has 182 valence electrons. The van der Waals surface area contributed by atoms with Gasteiger partial charge in [0.25, 0.3) is 0 Å². The number of ether oxygens (including phenoxy) is 1. The van der Waals surface area contributed by atoms with Crippen molar-refractivity contribution >= 4 is 0 Å². The Labute approximate surface area is 200 Å². The molecule has 0 aliphatic heterocycles. The number of benzene rings is 1. The van der Waals surface area contributed by atoms with Gasteiger partial charge in [-0.2, -0.15) is 0 Å². The van der Waals surface area contributed by atoms with Crippen LogP contribution >= 0.6 is 0 Å². The topological polar surface area (TPSA) is 9.23 Å². The molecule has 0 heterocycles. The lowest BCUT2D eigenvalue weighted by atomic mass is 9.78. The molecule has 0 amide bonds. The van der Waals surface area contributed by atoms with E-state index < -0.39 is 0 Å². The van der Waals surface area contributed by atoms with E-state index >= 15 is 0 Å². The van der Waals surface area contributed by atoms with Gasteiger partial charge in [0.05, 0.1) is 6.61 Å². The average Bonchev–Trinajstić information content (AvgIpc) is 2.85. The van der Waals surface area contributed by atoms with Gasteiger partial charge in [-0.15, -0.1) is 0 Å². The van der Waals surface area contributed by atoms with Crippen molar-refractivity contribution in [1.82, 2.24) is 0 Å². The summed E-state index contributed by atoms with van der Waals surface area (Å²) in [6, 6.07) is 9.00. The average molecular weight is 441 g/mol. The number of hydrogen-bond acceptors (Lipinski definition) is 1. The first-order valence-corrected chi connectivity index (χ1v) is 14.5. The van der Waals surface area contributed by atoms with Crippen molar-refractivity contribution in [2.24, 2.45) is 23.7 Å². The Hall–Kier alpha value is -0.980. The van der Waals surface area contributed by atoms with E-state index in [9.17, 15) is 0 Å². The van der Waals surface area contributed by atoms with Crippen LogP contribution in [0.5, 0.6) is 5.75 Å². The molecule has 2 aliphatic rings. The van der Waals surface area contributed by atoms with Crippen LogP contribution < -0.4 is 4.74 Å². The molecule has 1 aromatic carbocycles. The van der Waals surface area contributed by atoms with Gasteiger partial charge in [0.2, 0.25) is 0 Å². The maximum absolute atomic E-state index is 6.07. The highest BCUT2D eigenvalue weighted by Gasteiger charge is 2.21. The summed E-state index contributed by atoms with van der Waals surface area (Å²) in [6.07, 6.45) is 25.5. The second kappa shape index (κ2) is 15.0. The summed E-state index contributed by atoms with van der Waals surface area (Å²) in [7, 11) is 0. The van der Waals surface area contributed by atoms with E-state index in [2.05, 4.69) is 38.1 Å². The van der Waals surface area contributed by atoms with Crippen LogP contribution in [0.15, 0.2) is 24.3 Å². The van der Waals surface area contributed by atoms with E-state index in [-0.39, 0.29) is 0 Å². The van der Waals surface area contributed by atoms with Crippen molar-refractivity contribution in [3.63, 3.8) is 0 Å². The van der Waals surface area contributed by atoms with Crippen molar-refractivity contribution in [2.45, 2.75) is 129 Å². The summed E-state index contributed by atoms with van der Waals surface area (Å²) in [4.78, 5) is 0. The van der Waals surface area contributed by atoms with E-state index in [4.69, 9.17) is 4.74 Å². The largest absolute Gasteiger partial charge is 0.494 e. The first kappa shape index (κ1) is 25.6. The van der Waals surface area contributed by atoms with Gasteiger partial charge in [0.15, 0.2) is 0 Å². The molecule has 0 radical (unpaired) electrons. The normalized spacial score (nSPS) is 26.2. The molecule has 2 saturated carbocycles. The zero-order valence-electron chi connectivity index (χ0n) is 21.5. The molecule has 2 fully saturated rings. The van der Waals surface area contributed by atoms with Crippen molar-refractivity contribution < 1.29 is 4.74 Å². The van der Waals surface area contributed by atoms with E-state index in [1.807, 2.05) is 0 Å². The number of aryl methyl sites for hydroxylation is 1. The Morgan fingerprint density at radius 1 is 0.625 bits per heavy atom. The van der Waals surface area contributed by atoms with Crippen LogP contribution in [0.3, 0.4) is 0 Å². The van der Waals surface area contributed by atoms with Crippen molar-refractivity contribution in [3.05, 3.63) is 29.8 Å². The van der Waals surface area contributed by atoms with Crippen LogP contribution in [0.4, 0.5) is 0 Å². The molecule has 32 heavy (non-hydrogen) atoms. The first-order valence-electron chi connectivity index (χ1n) is 14.5. The summed E-state index contributed by atoms with van der Waals surface area (Å²) in [5, 5.41) is 0. The van der Waals surface area contributed by atoms with Crippen LogP contribution in [0.2, 0.25) is 0 Å². The molecule has 0 atom stereocenters. The summed E-state index contributed by atoms with van der Waals surface area (Å²) >= 11 is 0. The van der Waals surface area contributed by atoms with Gasteiger partial charge in [0.1, 0.15) is 5.75 Å². The molecule has 2 aliphatic carbocycles. The van der Waals surface area contributed by atoms with Gasteiger partial charge in [-0.1, -0.05) is 116 Å². The van der Waals surface area contributed by atoms with Crippen LogP contribution in [0.1, 0.15) is 129 Å².